The van der Waals surface area contributed by atoms with Gasteiger partial charge in [0, 0.05) is 17.4 Å². The second kappa shape index (κ2) is 7.84. The van der Waals surface area contributed by atoms with E-state index in [2.05, 4.69) is 5.32 Å². The van der Waals surface area contributed by atoms with E-state index in [9.17, 15) is 4.79 Å². The number of amides is 1. The van der Waals surface area contributed by atoms with Crippen LogP contribution in [0.15, 0.2) is 46.9 Å². The van der Waals surface area contributed by atoms with Gasteiger partial charge >= 0.3 is 0 Å². The standard InChI is InChI=1S/C22H23NO5/c1-3-25-18-7-4-6-15-12-19(28-21(15)18)14(2)23-22(24)16-8-9-17-20(13-16)27-11-5-10-26-17/h4,6-9,12-14H,3,5,10-11H2,1-2H3,(H,23,24). The van der Waals surface area contributed by atoms with Gasteiger partial charge in [0.2, 0.25) is 0 Å². The molecule has 1 aliphatic rings. The summed E-state index contributed by atoms with van der Waals surface area (Å²) >= 11 is 0. The molecule has 1 aliphatic heterocycles. The molecule has 1 amide bonds. The molecule has 28 heavy (non-hydrogen) atoms. The topological polar surface area (TPSA) is 69.9 Å². The molecule has 1 unspecified atom stereocenters. The largest absolute Gasteiger partial charge is 0.490 e. The molecule has 1 atom stereocenters. The zero-order valence-electron chi connectivity index (χ0n) is 16.0. The Kier molecular flexibility index (Phi) is 5.10. The van der Waals surface area contributed by atoms with Crippen molar-refractivity contribution >= 4 is 16.9 Å². The second-order valence-corrected chi connectivity index (χ2v) is 6.66. The molecule has 146 valence electrons. The third-order valence-electron chi connectivity index (χ3n) is 4.61. The van der Waals surface area contributed by atoms with Crippen molar-refractivity contribution in [3.05, 3.63) is 53.8 Å². The molecule has 0 saturated heterocycles. The van der Waals surface area contributed by atoms with Gasteiger partial charge in [0.25, 0.3) is 5.91 Å². The summed E-state index contributed by atoms with van der Waals surface area (Å²) in [6.45, 7) is 5.58. The van der Waals surface area contributed by atoms with E-state index in [0.717, 1.165) is 11.8 Å². The molecule has 0 bridgehead atoms. The number of carbonyl (C=O) groups is 1. The number of hydrogen-bond acceptors (Lipinski definition) is 5. The van der Waals surface area contributed by atoms with Crippen molar-refractivity contribution in [3.8, 4) is 17.2 Å². The number of hydrogen-bond donors (Lipinski definition) is 1. The van der Waals surface area contributed by atoms with Crippen LogP contribution in [0.5, 0.6) is 17.2 Å². The van der Waals surface area contributed by atoms with Crippen LogP contribution in [0.2, 0.25) is 0 Å². The predicted molar refractivity (Wildman–Crippen MR) is 105 cm³/mol. The first-order chi connectivity index (χ1) is 13.7. The summed E-state index contributed by atoms with van der Waals surface area (Å²) in [6, 6.07) is 12.6. The Morgan fingerprint density at radius 3 is 2.79 bits per heavy atom. The van der Waals surface area contributed by atoms with Crippen molar-refractivity contribution in [2.75, 3.05) is 19.8 Å². The van der Waals surface area contributed by atoms with Gasteiger partial charge in [0.1, 0.15) is 5.76 Å². The number of benzene rings is 2. The highest BCUT2D eigenvalue weighted by molar-refractivity contribution is 5.95. The molecular formula is C22H23NO5. The van der Waals surface area contributed by atoms with E-state index in [-0.39, 0.29) is 11.9 Å². The van der Waals surface area contributed by atoms with Crippen molar-refractivity contribution in [1.82, 2.24) is 5.32 Å². The Hall–Kier alpha value is -3.15. The zero-order valence-corrected chi connectivity index (χ0v) is 16.0. The number of nitrogens with one attached hydrogen (secondary N) is 1. The maximum Gasteiger partial charge on any atom is 0.252 e. The molecule has 2 aromatic carbocycles. The first-order valence-electron chi connectivity index (χ1n) is 9.51. The normalized spacial score (nSPS) is 14.4. The molecule has 0 saturated carbocycles. The van der Waals surface area contributed by atoms with E-state index in [0.29, 0.717) is 54.0 Å². The third-order valence-corrected chi connectivity index (χ3v) is 4.61. The fourth-order valence-corrected chi connectivity index (χ4v) is 3.19. The smallest absolute Gasteiger partial charge is 0.252 e. The van der Waals surface area contributed by atoms with Crippen molar-refractivity contribution in [1.29, 1.82) is 0 Å². The van der Waals surface area contributed by atoms with E-state index in [1.165, 1.54) is 0 Å². The van der Waals surface area contributed by atoms with E-state index in [4.69, 9.17) is 18.6 Å². The number of rotatable bonds is 5. The number of ether oxygens (including phenoxy) is 3. The van der Waals surface area contributed by atoms with Crippen LogP contribution < -0.4 is 19.5 Å². The molecular weight excluding hydrogens is 358 g/mol. The Bertz CT molecular complexity index is 994. The van der Waals surface area contributed by atoms with Crippen LogP contribution in [0.25, 0.3) is 11.0 Å². The average Bonchev–Trinajstić information content (AvgIpc) is 3.00. The monoisotopic (exact) mass is 381 g/mol. The van der Waals surface area contributed by atoms with Gasteiger partial charge in [-0.2, -0.15) is 0 Å². The molecule has 1 N–H and O–H groups in total. The van der Waals surface area contributed by atoms with Crippen molar-refractivity contribution in [2.45, 2.75) is 26.3 Å². The van der Waals surface area contributed by atoms with Gasteiger partial charge < -0.3 is 23.9 Å². The van der Waals surface area contributed by atoms with Gasteiger partial charge in [-0.1, -0.05) is 12.1 Å². The van der Waals surface area contributed by atoms with E-state index >= 15 is 0 Å². The third kappa shape index (κ3) is 3.63. The Morgan fingerprint density at radius 2 is 1.96 bits per heavy atom. The average molecular weight is 381 g/mol. The minimum Gasteiger partial charge on any atom is -0.490 e. The lowest BCUT2D eigenvalue weighted by Gasteiger charge is -2.13. The molecule has 0 radical (unpaired) electrons. The van der Waals surface area contributed by atoms with Crippen LogP contribution in [-0.2, 0) is 0 Å². The highest BCUT2D eigenvalue weighted by atomic mass is 16.5. The molecule has 0 fully saturated rings. The SMILES string of the molecule is CCOc1cccc2cc(C(C)NC(=O)c3ccc4c(c3)OCCCO4)oc12. The van der Waals surface area contributed by atoms with Crippen molar-refractivity contribution in [3.63, 3.8) is 0 Å². The van der Waals surface area contributed by atoms with Crippen LogP contribution in [0.3, 0.4) is 0 Å². The lowest BCUT2D eigenvalue weighted by Crippen LogP contribution is -2.26. The predicted octanol–water partition coefficient (Wildman–Crippen LogP) is 4.48. The quantitative estimate of drug-likeness (QED) is 0.705. The Balaban J connectivity index is 1.52. The Labute approximate surface area is 163 Å². The van der Waals surface area contributed by atoms with Gasteiger partial charge in [-0.05, 0) is 44.2 Å². The summed E-state index contributed by atoms with van der Waals surface area (Å²) in [7, 11) is 0. The maximum atomic E-state index is 12.7. The molecule has 6 nitrogen and oxygen atoms in total. The molecule has 2 heterocycles. The lowest BCUT2D eigenvalue weighted by atomic mass is 10.1. The summed E-state index contributed by atoms with van der Waals surface area (Å²) < 4.78 is 22.9. The van der Waals surface area contributed by atoms with Crippen LogP contribution in [0.4, 0.5) is 0 Å². The Morgan fingerprint density at radius 1 is 1.14 bits per heavy atom. The molecule has 4 rings (SSSR count). The van der Waals surface area contributed by atoms with Crippen LogP contribution in [0.1, 0.15) is 42.4 Å². The minimum absolute atomic E-state index is 0.200. The highest BCUT2D eigenvalue weighted by Gasteiger charge is 2.19. The first kappa shape index (κ1) is 18.2. The summed E-state index contributed by atoms with van der Waals surface area (Å²) in [5.74, 6) is 2.44. The molecule has 1 aromatic heterocycles. The van der Waals surface area contributed by atoms with Crippen LogP contribution in [0, 0.1) is 0 Å². The van der Waals surface area contributed by atoms with E-state index < -0.39 is 0 Å². The van der Waals surface area contributed by atoms with E-state index in [1.54, 1.807) is 18.2 Å². The summed E-state index contributed by atoms with van der Waals surface area (Å²) in [4.78, 5) is 12.7. The van der Waals surface area contributed by atoms with Crippen LogP contribution >= 0.6 is 0 Å². The minimum atomic E-state index is -0.301. The number of fused-ring (bicyclic) bond motifs is 2. The summed E-state index contributed by atoms with van der Waals surface area (Å²) in [5, 5.41) is 3.92. The maximum absolute atomic E-state index is 12.7. The van der Waals surface area contributed by atoms with Gasteiger partial charge in [-0.25, -0.2) is 0 Å². The number of carbonyl (C=O) groups excluding carboxylic acids is 1. The van der Waals surface area contributed by atoms with Gasteiger partial charge in [0.15, 0.2) is 22.8 Å². The molecule has 0 aliphatic carbocycles. The highest BCUT2D eigenvalue weighted by Crippen LogP contribution is 2.32. The lowest BCUT2D eigenvalue weighted by molar-refractivity contribution is 0.0935. The fraction of sp³-hybridized carbons (Fsp3) is 0.318. The second-order valence-electron chi connectivity index (χ2n) is 6.66. The van der Waals surface area contributed by atoms with Crippen molar-refractivity contribution in [2.24, 2.45) is 0 Å². The van der Waals surface area contributed by atoms with Gasteiger partial charge in [-0.3, -0.25) is 4.79 Å². The van der Waals surface area contributed by atoms with E-state index in [1.807, 2.05) is 38.1 Å². The fourth-order valence-electron chi connectivity index (χ4n) is 3.19. The molecule has 0 spiro atoms. The van der Waals surface area contributed by atoms with Gasteiger partial charge in [-0.15, -0.1) is 0 Å². The summed E-state index contributed by atoms with van der Waals surface area (Å²) in [6.07, 6.45) is 0.822. The first-order valence-corrected chi connectivity index (χ1v) is 9.51. The molecule has 3 aromatic rings. The van der Waals surface area contributed by atoms with Gasteiger partial charge in [0.05, 0.1) is 25.9 Å². The zero-order chi connectivity index (χ0) is 19.5. The summed E-state index contributed by atoms with van der Waals surface area (Å²) in [5.41, 5.74) is 1.21. The number of furan rings is 1. The molecule has 6 heteroatoms. The number of para-hydroxylation sites is 1. The van der Waals surface area contributed by atoms with Crippen molar-refractivity contribution < 1.29 is 23.4 Å². The van der Waals surface area contributed by atoms with Crippen LogP contribution in [-0.4, -0.2) is 25.7 Å².